The van der Waals surface area contributed by atoms with E-state index in [0.29, 0.717) is 11.4 Å². The van der Waals surface area contributed by atoms with Crippen molar-refractivity contribution in [2.75, 3.05) is 23.8 Å². The van der Waals surface area contributed by atoms with Crippen LogP contribution >= 0.6 is 0 Å². The monoisotopic (exact) mass is 432 g/mol. The Bertz CT molecular complexity index is 643. The number of aliphatic hydroxyl groups excluding tert-OH is 8. The first-order valence-electron chi connectivity index (χ1n) is 9.51. The van der Waals surface area contributed by atoms with Crippen molar-refractivity contribution >= 4 is 11.4 Å². The molecule has 0 spiro atoms. The van der Waals surface area contributed by atoms with Gasteiger partial charge < -0.3 is 61.0 Å². The molecule has 1 aromatic carbocycles. The molecular formula is C18H28N2O10. The molecule has 12 heteroatoms. The molecule has 0 amide bonds. The Morgan fingerprint density at radius 3 is 1.50 bits per heavy atom. The standard InChI is InChI=1S/C18H28N2O10/c21-5-9(23)15-11(25)13(27)17(29-15)19-7-2-1-3-8(4-7)20-18-14(28)12(26)16(30-18)10(24)6-22/h1-4,9-28H,5-6H2/t9-,10-,11+,12+,13-,14-,15+,16+,17-,18+/m1/s1. The van der Waals surface area contributed by atoms with Crippen LogP contribution in [0.4, 0.5) is 11.4 Å². The Balaban J connectivity index is 1.64. The Hall–Kier alpha value is -1.58. The minimum absolute atomic E-state index is 0.454. The highest BCUT2D eigenvalue weighted by Crippen LogP contribution is 2.28. The van der Waals surface area contributed by atoms with E-state index in [1.165, 1.54) is 0 Å². The summed E-state index contributed by atoms with van der Waals surface area (Å²) in [5.41, 5.74) is 0.908. The second-order valence-electron chi connectivity index (χ2n) is 7.37. The van der Waals surface area contributed by atoms with Gasteiger partial charge in [-0.3, -0.25) is 0 Å². The van der Waals surface area contributed by atoms with Gasteiger partial charge in [-0.15, -0.1) is 0 Å². The van der Waals surface area contributed by atoms with Crippen molar-refractivity contribution in [3.8, 4) is 0 Å². The van der Waals surface area contributed by atoms with Gasteiger partial charge >= 0.3 is 0 Å². The number of hydrogen-bond acceptors (Lipinski definition) is 12. The van der Waals surface area contributed by atoms with Crippen molar-refractivity contribution < 1.29 is 50.3 Å². The van der Waals surface area contributed by atoms with Crippen molar-refractivity contribution in [2.24, 2.45) is 0 Å². The molecule has 0 radical (unpaired) electrons. The molecule has 2 heterocycles. The zero-order chi connectivity index (χ0) is 22.0. The second kappa shape index (κ2) is 9.70. The SMILES string of the molecule is OC[C@@H](O)[C@@H]1O[C@@H](Nc2cccc(N[C@H]3O[C@@H]([C@H](O)CO)[C@@H](O)[C@H]3O)c2)[C@H](O)[C@@H]1O. The number of aliphatic hydroxyl groups is 8. The molecular weight excluding hydrogens is 404 g/mol. The number of hydrogen-bond donors (Lipinski definition) is 10. The van der Waals surface area contributed by atoms with E-state index in [1.54, 1.807) is 24.3 Å². The smallest absolute Gasteiger partial charge is 0.157 e. The average molecular weight is 432 g/mol. The van der Waals surface area contributed by atoms with Crippen LogP contribution < -0.4 is 10.6 Å². The van der Waals surface area contributed by atoms with Gasteiger partial charge in [-0.05, 0) is 18.2 Å². The number of anilines is 2. The van der Waals surface area contributed by atoms with Gasteiger partial charge in [0.05, 0.1) is 13.2 Å². The summed E-state index contributed by atoms with van der Waals surface area (Å²) in [7, 11) is 0. The summed E-state index contributed by atoms with van der Waals surface area (Å²) in [6.45, 7) is -1.27. The number of benzene rings is 1. The summed E-state index contributed by atoms with van der Waals surface area (Å²) in [6.07, 6.45) is -12.7. The molecule has 0 unspecified atom stereocenters. The predicted octanol–water partition coefficient (Wildman–Crippen LogP) is -3.89. The lowest BCUT2D eigenvalue weighted by atomic mass is 10.1. The average Bonchev–Trinajstić information content (AvgIpc) is 3.18. The third-order valence-corrected chi connectivity index (χ3v) is 5.21. The van der Waals surface area contributed by atoms with Gasteiger partial charge in [-0.1, -0.05) is 6.07 Å². The first kappa shape index (κ1) is 23.1. The maximum absolute atomic E-state index is 10.1. The largest absolute Gasteiger partial charge is 0.394 e. The van der Waals surface area contributed by atoms with E-state index in [9.17, 15) is 30.6 Å². The molecule has 1 aromatic rings. The van der Waals surface area contributed by atoms with Crippen LogP contribution in [0.5, 0.6) is 0 Å². The maximum Gasteiger partial charge on any atom is 0.157 e. The fraction of sp³-hybridized carbons (Fsp3) is 0.667. The van der Waals surface area contributed by atoms with Crippen LogP contribution in [0.25, 0.3) is 0 Å². The molecule has 2 aliphatic rings. The van der Waals surface area contributed by atoms with E-state index < -0.39 is 74.5 Å². The first-order valence-corrected chi connectivity index (χ1v) is 9.51. The van der Waals surface area contributed by atoms with Crippen LogP contribution in [-0.2, 0) is 9.47 Å². The number of rotatable bonds is 8. The third kappa shape index (κ3) is 4.68. The Morgan fingerprint density at radius 1 is 0.733 bits per heavy atom. The predicted molar refractivity (Wildman–Crippen MR) is 101 cm³/mol. The summed E-state index contributed by atoms with van der Waals surface area (Å²) in [5, 5.41) is 83.4. The van der Waals surface area contributed by atoms with Gasteiger partial charge in [0.2, 0.25) is 0 Å². The van der Waals surface area contributed by atoms with Crippen molar-refractivity contribution in [3.63, 3.8) is 0 Å². The van der Waals surface area contributed by atoms with Gasteiger partial charge in [0.15, 0.2) is 12.5 Å². The molecule has 0 aromatic heterocycles. The van der Waals surface area contributed by atoms with Gasteiger partial charge in [0, 0.05) is 11.4 Å². The molecule has 2 fully saturated rings. The van der Waals surface area contributed by atoms with Gasteiger partial charge in [-0.25, -0.2) is 0 Å². The minimum atomic E-state index is -1.40. The Kier molecular flexibility index (Phi) is 7.47. The van der Waals surface area contributed by atoms with E-state index in [1.807, 2.05) is 0 Å². The quantitative estimate of drug-likeness (QED) is 0.191. The summed E-state index contributed by atoms with van der Waals surface area (Å²) in [5.74, 6) is 0. The van der Waals surface area contributed by atoms with Crippen LogP contribution in [0.3, 0.4) is 0 Å². The van der Waals surface area contributed by atoms with Gasteiger partial charge in [-0.2, -0.15) is 0 Å². The molecule has 2 saturated heterocycles. The minimum Gasteiger partial charge on any atom is -0.394 e. The van der Waals surface area contributed by atoms with Crippen LogP contribution in [-0.4, -0.2) is 115 Å². The van der Waals surface area contributed by atoms with Crippen molar-refractivity contribution in [1.82, 2.24) is 0 Å². The van der Waals surface area contributed by atoms with Crippen LogP contribution in [0, 0.1) is 0 Å². The number of ether oxygens (including phenoxy) is 2. The molecule has 0 bridgehead atoms. The van der Waals surface area contributed by atoms with Gasteiger partial charge in [0.25, 0.3) is 0 Å². The molecule has 2 aliphatic heterocycles. The first-order chi connectivity index (χ1) is 14.3. The summed E-state index contributed by atoms with van der Waals surface area (Å²) in [6, 6.07) is 6.50. The van der Waals surface area contributed by atoms with E-state index in [2.05, 4.69) is 10.6 Å². The topological polar surface area (TPSA) is 204 Å². The third-order valence-electron chi connectivity index (χ3n) is 5.21. The van der Waals surface area contributed by atoms with Gasteiger partial charge in [0.1, 0.15) is 48.8 Å². The molecule has 10 N–H and O–H groups in total. The fourth-order valence-electron chi connectivity index (χ4n) is 3.52. The van der Waals surface area contributed by atoms with Crippen molar-refractivity contribution in [3.05, 3.63) is 24.3 Å². The molecule has 12 nitrogen and oxygen atoms in total. The highest BCUT2D eigenvalue weighted by Gasteiger charge is 2.47. The fourth-order valence-corrected chi connectivity index (χ4v) is 3.52. The molecule has 3 rings (SSSR count). The lowest BCUT2D eigenvalue weighted by Crippen LogP contribution is -2.40. The summed E-state index contributed by atoms with van der Waals surface area (Å²) < 4.78 is 10.8. The lowest BCUT2D eigenvalue weighted by molar-refractivity contribution is -0.0774. The van der Waals surface area contributed by atoms with Crippen LogP contribution in [0.1, 0.15) is 0 Å². The lowest BCUT2D eigenvalue weighted by Gasteiger charge is -2.21. The highest BCUT2D eigenvalue weighted by atomic mass is 16.6. The van der Waals surface area contributed by atoms with Crippen LogP contribution in [0.2, 0.25) is 0 Å². The normalized spacial score (nSPS) is 38.4. The number of nitrogens with one attached hydrogen (secondary N) is 2. The second-order valence-corrected chi connectivity index (χ2v) is 7.37. The highest BCUT2D eigenvalue weighted by molar-refractivity contribution is 5.57. The van der Waals surface area contributed by atoms with E-state index in [0.717, 1.165) is 0 Å². The Morgan fingerprint density at radius 2 is 1.13 bits per heavy atom. The van der Waals surface area contributed by atoms with Crippen molar-refractivity contribution in [1.29, 1.82) is 0 Å². The summed E-state index contributed by atoms with van der Waals surface area (Å²) >= 11 is 0. The molecule has 30 heavy (non-hydrogen) atoms. The van der Waals surface area contributed by atoms with E-state index >= 15 is 0 Å². The van der Waals surface area contributed by atoms with E-state index in [4.69, 9.17) is 19.7 Å². The van der Waals surface area contributed by atoms with Crippen LogP contribution in [0.15, 0.2) is 24.3 Å². The Labute approximate surface area is 171 Å². The van der Waals surface area contributed by atoms with Crippen molar-refractivity contribution in [2.45, 2.75) is 61.3 Å². The molecule has 170 valence electrons. The molecule has 0 aliphatic carbocycles. The zero-order valence-corrected chi connectivity index (χ0v) is 15.9. The van der Waals surface area contributed by atoms with E-state index in [-0.39, 0.29) is 0 Å². The maximum atomic E-state index is 10.1. The zero-order valence-electron chi connectivity index (χ0n) is 15.9. The molecule has 10 atom stereocenters. The molecule has 0 saturated carbocycles. The summed E-state index contributed by atoms with van der Waals surface area (Å²) in [4.78, 5) is 0.